The van der Waals surface area contributed by atoms with Crippen molar-refractivity contribution in [2.24, 2.45) is 5.92 Å². The molecule has 6 heteroatoms. The fourth-order valence-electron chi connectivity index (χ4n) is 2.71. The summed E-state index contributed by atoms with van der Waals surface area (Å²) in [6.07, 6.45) is 3.41. The SMILES string of the molecule is CN(Cc1ccco1)C(=O)C1CC(=O)N(Cc2ccco2)C1. The van der Waals surface area contributed by atoms with Crippen molar-refractivity contribution in [3.05, 3.63) is 48.3 Å². The number of hydrogen-bond acceptors (Lipinski definition) is 4. The third kappa shape index (κ3) is 3.05. The van der Waals surface area contributed by atoms with Crippen molar-refractivity contribution >= 4 is 11.8 Å². The summed E-state index contributed by atoms with van der Waals surface area (Å²) in [5.41, 5.74) is 0. The first-order valence-electron chi connectivity index (χ1n) is 7.21. The molecule has 3 rings (SSSR count). The van der Waals surface area contributed by atoms with Crippen molar-refractivity contribution in [1.29, 1.82) is 0 Å². The van der Waals surface area contributed by atoms with Gasteiger partial charge in [-0.15, -0.1) is 0 Å². The second kappa shape index (κ2) is 6.09. The molecule has 6 nitrogen and oxygen atoms in total. The number of carbonyl (C=O) groups excluding carboxylic acids is 2. The number of carbonyl (C=O) groups is 2. The quantitative estimate of drug-likeness (QED) is 0.846. The molecular formula is C16H18N2O4. The molecule has 22 heavy (non-hydrogen) atoms. The van der Waals surface area contributed by atoms with Crippen LogP contribution in [0, 0.1) is 5.92 Å². The Hall–Kier alpha value is -2.50. The Morgan fingerprint density at radius 2 is 1.95 bits per heavy atom. The molecule has 1 aliphatic rings. The number of amides is 2. The van der Waals surface area contributed by atoms with Crippen LogP contribution in [0.5, 0.6) is 0 Å². The highest BCUT2D eigenvalue weighted by atomic mass is 16.3. The molecule has 0 aliphatic carbocycles. The van der Waals surface area contributed by atoms with Crippen molar-refractivity contribution in [3.63, 3.8) is 0 Å². The highest BCUT2D eigenvalue weighted by Crippen LogP contribution is 2.22. The molecule has 1 fully saturated rings. The van der Waals surface area contributed by atoms with E-state index in [9.17, 15) is 9.59 Å². The van der Waals surface area contributed by atoms with Gasteiger partial charge >= 0.3 is 0 Å². The number of hydrogen-bond donors (Lipinski definition) is 0. The minimum atomic E-state index is -0.303. The first-order chi connectivity index (χ1) is 10.6. The first kappa shape index (κ1) is 14.4. The fraction of sp³-hybridized carbons (Fsp3) is 0.375. The Balaban J connectivity index is 1.58. The summed E-state index contributed by atoms with van der Waals surface area (Å²) in [6, 6.07) is 7.23. The van der Waals surface area contributed by atoms with Gasteiger partial charge in [0.15, 0.2) is 0 Å². The zero-order valence-corrected chi connectivity index (χ0v) is 12.4. The molecule has 1 atom stereocenters. The Morgan fingerprint density at radius 3 is 2.59 bits per heavy atom. The van der Waals surface area contributed by atoms with Gasteiger partial charge in [0.1, 0.15) is 11.5 Å². The van der Waals surface area contributed by atoms with Crippen LogP contribution >= 0.6 is 0 Å². The van der Waals surface area contributed by atoms with E-state index in [0.717, 1.165) is 11.5 Å². The minimum absolute atomic E-state index is 0.0128. The number of nitrogens with zero attached hydrogens (tertiary/aromatic N) is 2. The van der Waals surface area contributed by atoms with Crippen LogP contribution in [0.15, 0.2) is 45.6 Å². The summed E-state index contributed by atoms with van der Waals surface area (Å²) in [5.74, 6) is 1.10. The van der Waals surface area contributed by atoms with E-state index in [1.807, 2.05) is 12.1 Å². The average Bonchev–Trinajstić information content (AvgIpc) is 3.22. The summed E-state index contributed by atoms with van der Waals surface area (Å²) in [7, 11) is 1.73. The van der Waals surface area contributed by atoms with Crippen LogP contribution in [0.4, 0.5) is 0 Å². The van der Waals surface area contributed by atoms with Crippen LogP contribution in [-0.4, -0.2) is 35.2 Å². The summed E-state index contributed by atoms with van der Waals surface area (Å²) < 4.78 is 10.5. The molecule has 0 radical (unpaired) electrons. The molecule has 0 bridgehead atoms. The lowest BCUT2D eigenvalue weighted by Crippen LogP contribution is -2.34. The van der Waals surface area contributed by atoms with E-state index in [0.29, 0.717) is 19.6 Å². The van der Waals surface area contributed by atoms with Crippen molar-refractivity contribution in [2.45, 2.75) is 19.5 Å². The van der Waals surface area contributed by atoms with E-state index in [1.165, 1.54) is 0 Å². The molecule has 0 spiro atoms. The third-order valence-corrected chi connectivity index (χ3v) is 3.84. The van der Waals surface area contributed by atoms with E-state index < -0.39 is 0 Å². The minimum Gasteiger partial charge on any atom is -0.467 e. The number of furan rings is 2. The normalized spacial score (nSPS) is 18.0. The monoisotopic (exact) mass is 302 g/mol. The van der Waals surface area contributed by atoms with Gasteiger partial charge in [-0.1, -0.05) is 0 Å². The summed E-state index contributed by atoms with van der Waals surface area (Å²) in [4.78, 5) is 27.8. The maximum absolute atomic E-state index is 12.4. The van der Waals surface area contributed by atoms with Crippen molar-refractivity contribution in [3.8, 4) is 0 Å². The van der Waals surface area contributed by atoms with Gasteiger partial charge < -0.3 is 18.6 Å². The van der Waals surface area contributed by atoms with Gasteiger partial charge in [0.25, 0.3) is 0 Å². The van der Waals surface area contributed by atoms with E-state index in [2.05, 4.69) is 0 Å². The lowest BCUT2D eigenvalue weighted by molar-refractivity contribution is -0.135. The largest absolute Gasteiger partial charge is 0.467 e. The van der Waals surface area contributed by atoms with Crippen LogP contribution < -0.4 is 0 Å². The van der Waals surface area contributed by atoms with Crippen LogP contribution in [-0.2, 0) is 22.7 Å². The molecule has 0 N–H and O–H groups in total. The molecule has 1 unspecified atom stereocenters. The van der Waals surface area contributed by atoms with Gasteiger partial charge in [-0.3, -0.25) is 9.59 Å². The fourth-order valence-corrected chi connectivity index (χ4v) is 2.71. The number of rotatable bonds is 5. The van der Waals surface area contributed by atoms with Gasteiger partial charge in [-0.25, -0.2) is 0 Å². The molecule has 116 valence electrons. The second-order valence-electron chi connectivity index (χ2n) is 5.53. The summed E-state index contributed by atoms with van der Waals surface area (Å²) in [6.45, 7) is 1.26. The Bertz CT molecular complexity index is 633. The van der Waals surface area contributed by atoms with Crippen molar-refractivity contribution in [1.82, 2.24) is 9.80 Å². The van der Waals surface area contributed by atoms with Crippen molar-refractivity contribution < 1.29 is 18.4 Å². The van der Waals surface area contributed by atoms with Gasteiger partial charge in [0.05, 0.1) is 31.5 Å². The Kier molecular flexibility index (Phi) is 4.00. The summed E-state index contributed by atoms with van der Waals surface area (Å²) >= 11 is 0. The van der Waals surface area contributed by atoms with Gasteiger partial charge in [0, 0.05) is 20.0 Å². The standard InChI is InChI=1S/C16H18N2O4/c1-17(10-13-4-2-6-21-13)16(20)12-8-15(19)18(9-12)11-14-5-3-7-22-14/h2-7,12H,8-11H2,1H3. The smallest absolute Gasteiger partial charge is 0.228 e. The third-order valence-electron chi connectivity index (χ3n) is 3.84. The van der Waals surface area contributed by atoms with Gasteiger partial charge in [-0.2, -0.15) is 0 Å². The molecule has 0 aromatic carbocycles. The highest BCUT2D eigenvalue weighted by molar-refractivity contribution is 5.89. The first-order valence-corrected chi connectivity index (χ1v) is 7.21. The predicted octanol–water partition coefficient (Wildman–Crippen LogP) is 1.88. The van der Waals surface area contributed by atoms with Gasteiger partial charge in [0.2, 0.25) is 11.8 Å². The van der Waals surface area contributed by atoms with E-state index in [-0.39, 0.29) is 24.2 Å². The maximum atomic E-state index is 12.4. The molecule has 0 saturated carbocycles. The zero-order chi connectivity index (χ0) is 15.5. The number of likely N-dealkylation sites (tertiary alicyclic amines) is 1. The predicted molar refractivity (Wildman–Crippen MR) is 77.4 cm³/mol. The molecule has 2 aromatic rings. The van der Waals surface area contributed by atoms with Crippen molar-refractivity contribution in [2.75, 3.05) is 13.6 Å². The average molecular weight is 302 g/mol. The van der Waals surface area contributed by atoms with E-state index in [1.54, 1.807) is 41.5 Å². The highest BCUT2D eigenvalue weighted by Gasteiger charge is 2.36. The molecule has 3 heterocycles. The zero-order valence-electron chi connectivity index (χ0n) is 12.4. The Morgan fingerprint density at radius 1 is 1.27 bits per heavy atom. The van der Waals surface area contributed by atoms with Gasteiger partial charge in [-0.05, 0) is 24.3 Å². The van der Waals surface area contributed by atoms with Crippen LogP contribution in [0.2, 0.25) is 0 Å². The maximum Gasteiger partial charge on any atom is 0.228 e. The van der Waals surface area contributed by atoms with Crippen LogP contribution in [0.3, 0.4) is 0 Å². The van der Waals surface area contributed by atoms with E-state index in [4.69, 9.17) is 8.83 Å². The summed E-state index contributed by atoms with van der Waals surface area (Å²) in [5, 5.41) is 0. The molecule has 1 saturated heterocycles. The second-order valence-corrected chi connectivity index (χ2v) is 5.53. The lowest BCUT2D eigenvalue weighted by atomic mass is 10.1. The molecule has 1 aliphatic heterocycles. The van der Waals surface area contributed by atoms with Crippen LogP contribution in [0.1, 0.15) is 17.9 Å². The molecule has 2 amide bonds. The van der Waals surface area contributed by atoms with Crippen LogP contribution in [0.25, 0.3) is 0 Å². The molecule has 2 aromatic heterocycles. The Labute approximate surface area is 128 Å². The topological polar surface area (TPSA) is 66.9 Å². The van der Waals surface area contributed by atoms with E-state index >= 15 is 0 Å². The molecular weight excluding hydrogens is 284 g/mol. The lowest BCUT2D eigenvalue weighted by Gasteiger charge is -2.20.